The number of carbonyl (C=O) groups is 1. The first-order valence-corrected chi connectivity index (χ1v) is 6.32. The SMILES string of the molecule is CCOCCN(C)C(=O)c1ccc(NN)c(C(F)(F)F)c1. The second-order valence-electron chi connectivity index (χ2n) is 4.33. The lowest BCUT2D eigenvalue weighted by atomic mass is 10.1. The summed E-state index contributed by atoms with van der Waals surface area (Å²) in [5.41, 5.74) is 0.660. The van der Waals surface area contributed by atoms with Crippen LogP contribution in [-0.4, -0.2) is 37.6 Å². The van der Waals surface area contributed by atoms with Crippen LogP contribution >= 0.6 is 0 Å². The Bertz CT molecular complexity index is 492. The highest BCUT2D eigenvalue weighted by atomic mass is 19.4. The van der Waals surface area contributed by atoms with Gasteiger partial charge in [0.2, 0.25) is 0 Å². The number of hydrazine groups is 1. The average molecular weight is 305 g/mol. The third-order valence-corrected chi connectivity index (χ3v) is 2.85. The molecule has 0 atom stereocenters. The molecule has 0 aliphatic carbocycles. The minimum Gasteiger partial charge on any atom is -0.380 e. The van der Waals surface area contributed by atoms with Crippen molar-refractivity contribution in [1.29, 1.82) is 0 Å². The van der Waals surface area contributed by atoms with E-state index in [1.807, 2.05) is 12.3 Å². The van der Waals surface area contributed by atoms with Crippen molar-refractivity contribution in [2.24, 2.45) is 5.84 Å². The molecule has 1 amide bonds. The molecule has 0 saturated heterocycles. The Morgan fingerprint density at radius 1 is 1.43 bits per heavy atom. The van der Waals surface area contributed by atoms with Gasteiger partial charge in [0, 0.05) is 25.8 Å². The quantitative estimate of drug-likeness (QED) is 0.480. The lowest BCUT2D eigenvalue weighted by Crippen LogP contribution is -2.30. The van der Waals surface area contributed by atoms with Crippen LogP contribution in [0.25, 0.3) is 0 Å². The van der Waals surface area contributed by atoms with E-state index in [4.69, 9.17) is 10.6 Å². The van der Waals surface area contributed by atoms with Crippen LogP contribution in [0.3, 0.4) is 0 Å². The number of halogens is 3. The fraction of sp³-hybridized carbons (Fsp3) is 0.462. The van der Waals surface area contributed by atoms with Gasteiger partial charge in [0.15, 0.2) is 0 Å². The summed E-state index contributed by atoms with van der Waals surface area (Å²) in [7, 11) is 1.50. The molecule has 3 N–H and O–H groups in total. The highest BCUT2D eigenvalue weighted by molar-refractivity contribution is 5.94. The number of nitrogen functional groups attached to an aromatic ring is 1. The van der Waals surface area contributed by atoms with E-state index < -0.39 is 17.6 Å². The molecule has 1 rings (SSSR count). The molecular weight excluding hydrogens is 287 g/mol. The lowest BCUT2D eigenvalue weighted by Gasteiger charge is -2.19. The molecule has 1 aromatic carbocycles. The maximum Gasteiger partial charge on any atom is 0.418 e. The Morgan fingerprint density at radius 3 is 2.62 bits per heavy atom. The average Bonchev–Trinajstić information content (AvgIpc) is 2.45. The molecule has 0 aromatic heterocycles. The summed E-state index contributed by atoms with van der Waals surface area (Å²) < 4.78 is 43.8. The number of nitrogens with two attached hydrogens (primary N) is 1. The molecule has 0 radical (unpaired) electrons. The fourth-order valence-electron chi connectivity index (χ4n) is 1.71. The topological polar surface area (TPSA) is 67.6 Å². The van der Waals surface area contributed by atoms with Crippen molar-refractivity contribution in [2.75, 3.05) is 32.2 Å². The maximum atomic E-state index is 12.9. The molecule has 0 bridgehead atoms. The van der Waals surface area contributed by atoms with Crippen LogP contribution in [0.4, 0.5) is 18.9 Å². The number of alkyl halides is 3. The molecule has 0 fully saturated rings. The van der Waals surface area contributed by atoms with Crippen molar-refractivity contribution in [3.63, 3.8) is 0 Å². The summed E-state index contributed by atoms with van der Waals surface area (Å²) in [6.07, 6.45) is -4.60. The number of nitrogens with zero attached hydrogens (tertiary/aromatic N) is 1. The smallest absolute Gasteiger partial charge is 0.380 e. The van der Waals surface area contributed by atoms with Crippen molar-refractivity contribution in [3.05, 3.63) is 29.3 Å². The molecule has 0 unspecified atom stereocenters. The third-order valence-electron chi connectivity index (χ3n) is 2.85. The molecule has 8 heteroatoms. The Morgan fingerprint density at radius 2 is 2.10 bits per heavy atom. The van der Waals surface area contributed by atoms with Crippen LogP contribution < -0.4 is 11.3 Å². The third kappa shape index (κ3) is 4.61. The number of carbonyl (C=O) groups excluding carboxylic acids is 1. The van der Waals surface area contributed by atoms with Gasteiger partial charge in [0.1, 0.15) is 0 Å². The number of ether oxygens (including phenoxy) is 1. The number of amides is 1. The predicted molar refractivity (Wildman–Crippen MR) is 72.7 cm³/mol. The fourth-order valence-corrected chi connectivity index (χ4v) is 1.71. The van der Waals surface area contributed by atoms with Crippen LogP contribution in [0.15, 0.2) is 18.2 Å². The molecule has 1 aromatic rings. The minimum absolute atomic E-state index is 0.0553. The van der Waals surface area contributed by atoms with E-state index >= 15 is 0 Å². The highest BCUT2D eigenvalue weighted by Gasteiger charge is 2.34. The summed E-state index contributed by atoms with van der Waals surface area (Å²) in [5, 5.41) is 0. The molecule has 0 aliphatic heterocycles. The zero-order chi connectivity index (χ0) is 16.0. The highest BCUT2D eigenvalue weighted by Crippen LogP contribution is 2.35. The first kappa shape index (κ1) is 17.3. The molecule has 0 spiro atoms. The van der Waals surface area contributed by atoms with Crippen molar-refractivity contribution in [2.45, 2.75) is 13.1 Å². The molecule has 21 heavy (non-hydrogen) atoms. The second-order valence-corrected chi connectivity index (χ2v) is 4.33. The van der Waals surface area contributed by atoms with Gasteiger partial charge in [-0.1, -0.05) is 0 Å². The van der Waals surface area contributed by atoms with Crippen LogP contribution in [-0.2, 0) is 10.9 Å². The van der Waals surface area contributed by atoms with Crippen LogP contribution in [0.1, 0.15) is 22.8 Å². The predicted octanol–water partition coefficient (Wildman–Crippen LogP) is 2.10. The van der Waals surface area contributed by atoms with Crippen molar-refractivity contribution in [3.8, 4) is 0 Å². The number of hydrogen-bond acceptors (Lipinski definition) is 4. The van der Waals surface area contributed by atoms with Crippen LogP contribution in [0.5, 0.6) is 0 Å². The van der Waals surface area contributed by atoms with Gasteiger partial charge in [-0.3, -0.25) is 10.6 Å². The van der Waals surface area contributed by atoms with E-state index in [1.165, 1.54) is 18.0 Å². The first-order valence-electron chi connectivity index (χ1n) is 6.32. The second kappa shape index (κ2) is 7.28. The van der Waals surface area contributed by atoms with Gasteiger partial charge in [-0.25, -0.2) is 0 Å². The summed E-state index contributed by atoms with van der Waals surface area (Å²) in [5.74, 6) is 4.54. The lowest BCUT2D eigenvalue weighted by molar-refractivity contribution is -0.137. The normalized spacial score (nSPS) is 11.3. The van der Waals surface area contributed by atoms with Gasteiger partial charge in [0.05, 0.1) is 17.9 Å². The molecule has 0 heterocycles. The number of benzene rings is 1. The number of likely N-dealkylation sites (N-methyl/N-ethyl adjacent to an activating group) is 1. The molecule has 5 nitrogen and oxygen atoms in total. The number of rotatable bonds is 6. The Hall–Kier alpha value is -1.80. The maximum absolute atomic E-state index is 12.9. The Kier molecular flexibility index (Phi) is 5.98. The van der Waals surface area contributed by atoms with Gasteiger partial charge in [-0.2, -0.15) is 13.2 Å². The van der Waals surface area contributed by atoms with E-state index in [2.05, 4.69) is 0 Å². The Balaban J connectivity index is 2.95. The number of hydrogen-bond donors (Lipinski definition) is 2. The molecule has 118 valence electrons. The van der Waals surface area contributed by atoms with Gasteiger partial charge >= 0.3 is 6.18 Å². The standard InChI is InChI=1S/C13H18F3N3O2/c1-3-21-7-6-19(2)12(20)9-4-5-11(18-17)10(8-9)13(14,15)16/h4-5,8,18H,3,6-7,17H2,1-2H3. The van der Waals surface area contributed by atoms with E-state index in [0.29, 0.717) is 19.8 Å². The Labute approximate surface area is 120 Å². The monoisotopic (exact) mass is 305 g/mol. The van der Waals surface area contributed by atoms with E-state index in [9.17, 15) is 18.0 Å². The first-order chi connectivity index (χ1) is 9.81. The summed E-state index contributed by atoms with van der Waals surface area (Å²) >= 11 is 0. The van der Waals surface area contributed by atoms with E-state index in [-0.39, 0.29) is 11.3 Å². The van der Waals surface area contributed by atoms with Gasteiger partial charge in [0.25, 0.3) is 5.91 Å². The number of nitrogens with one attached hydrogen (secondary N) is 1. The van der Waals surface area contributed by atoms with Crippen LogP contribution in [0.2, 0.25) is 0 Å². The summed E-state index contributed by atoms with van der Waals surface area (Å²) in [4.78, 5) is 13.4. The molecule has 0 aliphatic rings. The van der Waals surface area contributed by atoms with E-state index in [1.54, 1.807) is 0 Å². The number of anilines is 1. The van der Waals surface area contributed by atoms with E-state index in [0.717, 1.165) is 12.1 Å². The molecule has 0 saturated carbocycles. The minimum atomic E-state index is -4.60. The van der Waals surface area contributed by atoms with Crippen LogP contribution in [0, 0.1) is 0 Å². The zero-order valence-corrected chi connectivity index (χ0v) is 11.8. The van der Waals surface area contributed by atoms with Gasteiger partial charge in [-0.15, -0.1) is 0 Å². The van der Waals surface area contributed by atoms with Gasteiger partial charge < -0.3 is 15.1 Å². The zero-order valence-electron chi connectivity index (χ0n) is 11.8. The van der Waals surface area contributed by atoms with Crippen molar-refractivity contribution < 1.29 is 22.7 Å². The largest absolute Gasteiger partial charge is 0.418 e. The summed E-state index contributed by atoms with van der Waals surface area (Å²) in [6.45, 7) is 2.95. The van der Waals surface area contributed by atoms with Gasteiger partial charge in [-0.05, 0) is 25.1 Å². The molecular formula is C13H18F3N3O2. The summed E-state index contributed by atoms with van der Waals surface area (Å²) in [6, 6.07) is 3.21. The van der Waals surface area contributed by atoms with Crippen molar-refractivity contribution >= 4 is 11.6 Å². The van der Waals surface area contributed by atoms with Crippen molar-refractivity contribution in [1.82, 2.24) is 4.90 Å².